The van der Waals surface area contributed by atoms with Gasteiger partial charge in [-0.15, -0.1) is 0 Å². The number of hydrogen-bond acceptors (Lipinski definition) is 3. The van der Waals surface area contributed by atoms with Gasteiger partial charge in [-0.05, 0) is 42.6 Å². The molecule has 0 radical (unpaired) electrons. The van der Waals surface area contributed by atoms with E-state index in [0.29, 0.717) is 5.75 Å². The molecule has 0 aromatic heterocycles. The molecular weight excluding hydrogens is 284 g/mol. The topological polar surface area (TPSA) is 26.7 Å². The lowest BCUT2D eigenvalue weighted by molar-refractivity contribution is 0.126. The van der Waals surface area contributed by atoms with Crippen molar-refractivity contribution in [1.82, 2.24) is 9.80 Å². The summed E-state index contributed by atoms with van der Waals surface area (Å²) in [6.07, 6.45) is 2.20. The van der Waals surface area contributed by atoms with Gasteiger partial charge in [-0.1, -0.05) is 42.5 Å². The van der Waals surface area contributed by atoms with E-state index in [1.807, 2.05) is 12.1 Å². The molecule has 1 aliphatic heterocycles. The number of aromatic hydroxyl groups is 1. The van der Waals surface area contributed by atoms with Crippen LogP contribution in [0.4, 0.5) is 0 Å². The van der Waals surface area contributed by atoms with E-state index in [0.717, 1.165) is 52.1 Å². The van der Waals surface area contributed by atoms with E-state index in [4.69, 9.17) is 0 Å². The van der Waals surface area contributed by atoms with Crippen molar-refractivity contribution in [3.05, 3.63) is 65.7 Å². The standard InChI is InChI=1S/C20H26N2O/c23-20-10-4-8-18(16-20)9-5-11-21-12-14-22(15-13-21)17-19-6-2-1-3-7-19/h1-4,6-8,10,16,23H,5,9,11-15,17H2. The summed E-state index contributed by atoms with van der Waals surface area (Å²) in [4.78, 5) is 5.10. The zero-order valence-corrected chi connectivity index (χ0v) is 13.7. The first kappa shape index (κ1) is 16.0. The van der Waals surface area contributed by atoms with Crippen LogP contribution in [-0.4, -0.2) is 47.6 Å². The molecule has 2 aromatic rings. The van der Waals surface area contributed by atoms with Gasteiger partial charge in [0.25, 0.3) is 0 Å². The molecule has 0 amide bonds. The second-order valence-electron chi connectivity index (χ2n) is 6.38. The molecule has 0 aliphatic carbocycles. The van der Waals surface area contributed by atoms with Crippen LogP contribution in [0.25, 0.3) is 0 Å². The highest BCUT2D eigenvalue weighted by Gasteiger charge is 2.16. The van der Waals surface area contributed by atoms with E-state index in [9.17, 15) is 5.11 Å². The van der Waals surface area contributed by atoms with Gasteiger partial charge in [0.15, 0.2) is 0 Å². The molecule has 0 unspecified atom stereocenters. The molecule has 23 heavy (non-hydrogen) atoms. The average Bonchev–Trinajstić information content (AvgIpc) is 2.58. The molecule has 0 spiro atoms. The Balaban J connectivity index is 1.36. The van der Waals surface area contributed by atoms with Crippen LogP contribution in [0.15, 0.2) is 54.6 Å². The van der Waals surface area contributed by atoms with Gasteiger partial charge < -0.3 is 10.0 Å². The van der Waals surface area contributed by atoms with E-state index in [1.54, 1.807) is 6.07 Å². The monoisotopic (exact) mass is 310 g/mol. The van der Waals surface area contributed by atoms with E-state index in [1.165, 1.54) is 11.1 Å². The second-order valence-corrected chi connectivity index (χ2v) is 6.38. The van der Waals surface area contributed by atoms with Crippen molar-refractivity contribution >= 4 is 0 Å². The zero-order valence-electron chi connectivity index (χ0n) is 13.7. The second kappa shape index (κ2) is 8.14. The van der Waals surface area contributed by atoms with Gasteiger partial charge in [0, 0.05) is 32.7 Å². The highest BCUT2D eigenvalue weighted by Crippen LogP contribution is 2.13. The van der Waals surface area contributed by atoms with Crippen molar-refractivity contribution in [3.63, 3.8) is 0 Å². The number of piperazine rings is 1. The summed E-state index contributed by atoms with van der Waals surface area (Å²) in [5, 5.41) is 9.50. The van der Waals surface area contributed by atoms with Crippen LogP contribution in [0.1, 0.15) is 17.5 Å². The predicted octanol–water partition coefficient (Wildman–Crippen LogP) is 3.14. The number of rotatable bonds is 6. The van der Waals surface area contributed by atoms with Crippen molar-refractivity contribution in [2.45, 2.75) is 19.4 Å². The van der Waals surface area contributed by atoms with Gasteiger partial charge in [0.2, 0.25) is 0 Å². The van der Waals surface area contributed by atoms with Crippen molar-refractivity contribution in [2.24, 2.45) is 0 Å². The fraction of sp³-hybridized carbons (Fsp3) is 0.400. The Bertz CT molecular complexity index is 592. The first-order valence-electron chi connectivity index (χ1n) is 8.56. The quantitative estimate of drug-likeness (QED) is 0.888. The Hall–Kier alpha value is -1.84. The lowest BCUT2D eigenvalue weighted by Gasteiger charge is -2.34. The minimum atomic E-state index is 0.372. The first-order chi connectivity index (χ1) is 11.3. The maximum Gasteiger partial charge on any atom is 0.115 e. The Morgan fingerprint density at radius 3 is 2.22 bits per heavy atom. The number of hydrogen-bond donors (Lipinski definition) is 1. The molecule has 3 rings (SSSR count). The number of benzene rings is 2. The maximum atomic E-state index is 9.50. The third-order valence-electron chi connectivity index (χ3n) is 4.56. The van der Waals surface area contributed by atoms with Crippen molar-refractivity contribution in [1.29, 1.82) is 0 Å². The number of nitrogens with zero attached hydrogens (tertiary/aromatic N) is 2. The van der Waals surface area contributed by atoms with E-state index in [-0.39, 0.29) is 0 Å². The molecule has 1 saturated heterocycles. The minimum Gasteiger partial charge on any atom is -0.508 e. The summed E-state index contributed by atoms with van der Waals surface area (Å²) in [6.45, 7) is 6.84. The van der Waals surface area contributed by atoms with E-state index < -0.39 is 0 Å². The largest absolute Gasteiger partial charge is 0.508 e. The fourth-order valence-corrected chi connectivity index (χ4v) is 3.23. The summed E-state index contributed by atoms with van der Waals surface area (Å²) < 4.78 is 0. The van der Waals surface area contributed by atoms with Crippen LogP contribution in [0, 0.1) is 0 Å². The Morgan fingerprint density at radius 2 is 1.48 bits per heavy atom. The van der Waals surface area contributed by atoms with Gasteiger partial charge in [-0.25, -0.2) is 0 Å². The Labute approximate surface area is 139 Å². The third-order valence-corrected chi connectivity index (χ3v) is 4.56. The molecule has 3 nitrogen and oxygen atoms in total. The molecule has 1 N–H and O–H groups in total. The highest BCUT2D eigenvalue weighted by atomic mass is 16.3. The van der Waals surface area contributed by atoms with Gasteiger partial charge >= 0.3 is 0 Å². The van der Waals surface area contributed by atoms with Gasteiger partial charge in [-0.2, -0.15) is 0 Å². The summed E-state index contributed by atoms with van der Waals surface area (Å²) >= 11 is 0. The molecule has 2 aromatic carbocycles. The van der Waals surface area contributed by atoms with E-state index >= 15 is 0 Å². The van der Waals surface area contributed by atoms with Crippen LogP contribution in [0.2, 0.25) is 0 Å². The predicted molar refractivity (Wildman–Crippen MR) is 94.6 cm³/mol. The van der Waals surface area contributed by atoms with Crippen LogP contribution in [0.5, 0.6) is 5.75 Å². The number of aryl methyl sites for hydroxylation is 1. The summed E-state index contributed by atoms with van der Waals surface area (Å²) in [5.41, 5.74) is 2.64. The maximum absolute atomic E-state index is 9.50. The molecule has 0 saturated carbocycles. The van der Waals surface area contributed by atoms with Gasteiger partial charge in [0.1, 0.15) is 5.75 Å². The SMILES string of the molecule is Oc1cccc(CCCN2CCN(Cc3ccccc3)CC2)c1. The molecule has 1 fully saturated rings. The van der Waals surface area contributed by atoms with Gasteiger partial charge in [-0.3, -0.25) is 4.90 Å². The Kier molecular flexibility index (Phi) is 5.67. The smallest absolute Gasteiger partial charge is 0.115 e. The van der Waals surface area contributed by atoms with Gasteiger partial charge in [0.05, 0.1) is 0 Å². The number of phenols is 1. The molecular formula is C20H26N2O. The zero-order chi connectivity index (χ0) is 15.9. The molecule has 1 heterocycles. The molecule has 1 aliphatic rings. The van der Waals surface area contributed by atoms with Crippen molar-refractivity contribution in [2.75, 3.05) is 32.7 Å². The Morgan fingerprint density at radius 1 is 0.783 bits per heavy atom. The normalized spacial score (nSPS) is 16.5. The fourth-order valence-electron chi connectivity index (χ4n) is 3.23. The molecule has 122 valence electrons. The van der Waals surface area contributed by atoms with Crippen LogP contribution in [0.3, 0.4) is 0 Å². The van der Waals surface area contributed by atoms with E-state index in [2.05, 4.69) is 46.2 Å². The highest BCUT2D eigenvalue weighted by molar-refractivity contribution is 5.27. The van der Waals surface area contributed by atoms with Crippen molar-refractivity contribution in [3.8, 4) is 5.75 Å². The summed E-state index contributed by atoms with van der Waals surface area (Å²) in [5.74, 6) is 0.372. The first-order valence-corrected chi connectivity index (χ1v) is 8.56. The van der Waals surface area contributed by atoms with Crippen molar-refractivity contribution < 1.29 is 5.11 Å². The average molecular weight is 310 g/mol. The third kappa shape index (κ3) is 5.08. The lowest BCUT2D eigenvalue weighted by Crippen LogP contribution is -2.46. The minimum absolute atomic E-state index is 0.372. The van der Waals surface area contributed by atoms with Crippen LogP contribution < -0.4 is 0 Å². The molecule has 3 heteroatoms. The molecule has 0 atom stereocenters. The molecule has 0 bridgehead atoms. The van der Waals surface area contributed by atoms with Crippen LogP contribution >= 0.6 is 0 Å². The lowest BCUT2D eigenvalue weighted by atomic mass is 10.1. The summed E-state index contributed by atoms with van der Waals surface area (Å²) in [7, 11) is 0. The number of phenolic OH excluding ortho intramolecular Hbond substituents is 1. The van der Waals surface area contributed by atoms with Crippen LogP contribution in [-0.2, 0) is 13.0 Å². The summed E-state index contributed by atoms with van der Waals surface area (Å²) in [6, 6.07) is 18.4.